The summed E-state index contributed by atoms with van der Waals surface area (Å²) in [5.74, 6) is -0.642. The Labute approximate surface area is 132 Å². The molecule has 1 amide bonds. The predicted octanol–water partition coefficient (Wildman–Crippen LogP) is 3.87. The average molecular weight is 350 g/mol. The monoisotopic (exact) mass is 349 g/mol. The Balaban J connectivity index is 2.07. The molecule has 1 N–H and O–H groups in total. The van der Waals surface area contributed by atoms with Crippen molar-refractivity contribution in [3.63, 3.8) is 0 Å². The van der Waals surface area contributed by atoms with Gasteiger partial charge in [0.2, 0.25) is 0 Å². The number of hydrogen-bond donors (Lipinski definition) is 1. The summed E-state index contributed by atoms with van der Waals surface area (Å²) in [4.78, 5) is 12.3. The van der Waals surface area contributed by atoms with E-state index in [4.69, 9.17) is 0 Å². The van der Waals surface area contributed by atoms with Gasteiger partial charge in [0.05, 0.1) is 0 Å². The van der Waals surface area contributed by atoms with Crippen LogP contribution in [0, 0.1) is 12.7 Å². The third-order valence-electron chi connectivity index (χ3n) is 3.29. The average Bonchev–Trinajstić information content (AvgIpc) is 2.50. The Morgan fingerprint density at radius 2 is 1.95 bits per heavy atom. The summed E-state index contributed by atoms with van der Waals surface area (Å²) < 4.78 is 13.3. The Kier molecular flexibility index (Phi) is 5.51. The highest BCUT2D eigenvalue weighted by molar-refractivity contribution is 9.09. The molecular weight excluding hydrogens is 333 g/mol. The molecule has 0 saturated heterocycles. The highest BCUT2D eigenvalue weighted by Gasteiger charge is 2.15. The predicted molar refractivity (Wildman–Crippen MR) is 86.3 cm³/mol. The summed E-state index contributed by atoms with van der Waals surface area (Å²) in [6.45, 7) is 1.80. The van der Waals surface area contributed by atoms with Crippen molar-refractivity contribution in [3.05, 3.63) is 71.0 Å². The van der Waals surface area contributed by atoms with Crippen LogP contribution in [0.5, 0.6) is 0 Å². The third-order valence-corrected chi connectivity index (χ3v) is 4.07. The second-order valence-corrected chi connectivity index (χ2v) is 5.62. The lowest BCUT2D eigenvalue weighted by molar-refractivity contribution is 0.0940. The van der Waals surface area contributed by atoms with Crippen molar-refractivity contribution in [1.82, 2.24) is 5.32 Å². The molecule has 0 bridgehead atoms. The number of rotatable bonds is 5. The molecular formula is C17H17BrFNO. The third kappa shape index (κ3) is 4.39. The van der Waals surface area contributed by atoms with E-state index in [0.29, 0.717) is 10.9 Å². The van der Waals surface area contributed by atoms with Gasteiger partial charge < -0.3 is 5.32 Å². The van der Waals surface area contributed by atoms with E-state index in [1.54, 1.807) is 13.0 Å². The fourth-order valence-corrected chi connectivity index (χ4v) is 2.54. The molecule has 0 aromatic heterocycles. The van der Waals surface area contributed by atoms with Crippen LogP contribution in [0.15, 0.2) is 48.5 Å². The van der Waals surface area contributed by atoms with Gasteiger partial charge in [-0.1, -0.05) is 52.3 Å². The molecule has 2 aromatic carbocycles. The summed E-state index contributed by atoms with van der Waals surface area (Å²) in [6, 6.07) is 14.2. The highest BCUT2D eigenvalue weighted by atomic mass is 79.9. The van der Waals surface area contributed by atoms with Crippen molar-refractivity contribution >= 4 is 21.8 Å². The van der Waals surface area contributed by atoms with Gasteiger partial charge in [-0.15, -0.1) is 0 Å². The van der Waals surface area contributed by atoms with Crippen LogP contribution in [0.2, 0.25) is 0 Å². The van der Waals surface area contributed by atoms with E-state index in [2.05, 4.69) is 21.2 Å². The molecule has 0 spiro atoms. The normalized spacial score (nSPS) is 12.0. The number of halogens is 2. The molecule has 2 rings (SSSR count). The van der Waals surface area contributed by atoms with Crippen LogP contribution in [0.3, 0.4) is 0 Å². The zero-order valence-corrected chi connectivity index (χ0v) is 13.4. The van der Waals surface area contributed by atoms with Crippen molar-refractivity contribution in [1.29, 1.82) is 0 Å². The minimum Gasteiger partial charge on any atom is -0.348 e. The summed E-state index contributed by atoms with van der Waals surface area (Å²) >= 11 is 3.42. The molecule has 0 radical (unpaired) electrons. The maximum absolute atomic E-state index is 13.3. The van der Waals surface area contributed by atoms with Gasteiger partial charge in [-0.3, -0.25) is 4.79 Å². The molecule has 2 nitrogen and oxygen atoms in total. The fraction of sp³-hybridized carbons (Fsp3) is 0.235. The first-order valence-corrected chi connectivity index (χ1v) is 7.89. The molecule has 0 aliphatic rings. The molecule has 1 unspecified atom stereocenters. The maximum atomic E-state index is 13.3. The lowest BCUT2D eigenvalue weighted by Gasteiger charge is -2.17. The van der Waals surface area contributed by atoms with Crippen LogP contribution in [-0.4, -0.2) is 17.3 Å². The molecule has 0 fully saturated rings. The van der Waals surface area contributed by atoms with Crippen LogP contribution < -0.4 is 5.32 Å². The first kappa shape index (κ1) is 15.7. The van der Waals surface area contributed by atoms with Crippen molar-refractivity contribution < 1.29 is 9.18 Å². The second kappa shape index (κ2) is 7.36. The van der Waals surface area contributed by atoms with E-state index in [0.717, 1.165) is 17.5 Å². The van der Waals surface area contributed by atoms with Gasteiger partial charge in [0.1, 0.15) is 5.82 Å². The number of alkyl halides is 1. The highest BCUT2D eigenvalue weighted by Crippen LogP contribution is 2.12. The number of aryl methyl sites for hydroxylation is 1. The fourth-order valence-electron chi connectivity index (χ4n) is 2.14. The quantitative estimate of drug-likeness (QED) is 0.815. The number of carbonyl (C=O) groups is 1. The smallest absolute Gasteiger partial charge is 0.251 e. The molecule has 110 valence electrons. The second-order valence-electron chi connectivity index (χ2n) is 4.97. The van der Waals surface area contributed by atoms with Gasteiger partial charge >= 0.3 is 0 Å². The lowest BCUT2D eigenvalue weighted by Crippen LogP contribution is -2.38. The van der Waals surface area contributed by atoms with Gasteiger partial charge in [0.15, 0.2) is 0 Å². The molecule has 4 heteroatoms. The van der Waals surface area contributed by atoms with Gasteiger partial charge in [-0.2, -0.15) is 0 Å². The molecule has 0 aliphatic heterocycles. The van der Waals surface area contributed by atoms with E-state index >= 15 is 0 Å². The van der Waals surface area contributed by atoms with Crippen LogP contribution in [-0.2, 0) is 6.42 Å². The molecule has 0 saturated carbocycles. The Morgan fingerprint density at radius 3 is 2.62 bits per heavy atom. The summed E-state index contributed by atoms with van der Waals surface area (Å²) in [7, 11) is 0. The van der Waals surface area contributed by atoms with Crippen LogP contribution in [0.25, 0.3) is 0 Å². The minimum atomic E-state index is -0.399. The van der Waals surface area contributed by atoms with Gasteiger partial charge in [0.25, 0.3) is 5.91 Å². The van der Waals surface area contributed by atoms with E-state index in [1.165, 1.54) is 12.1 Å². The zero-order chi connectivity index (χ0) is 15.2. The van der Waals surface area contributed by atoms with Crippen molar-refractivity contribution in [2.24, 2.45) is 0 Å². The van der Waals surface area contributed by atoms with Gasteiger partial charge in [-0.05, 0) is 36.6 Å². The zero-order valence-electron chi connectivity index (χ0n) is 11.8. The van der Waals surface area contributed by atoms with E-state index < -0.39 is 5.82 Å². The number of hydrogen-bond acceptors (Lipinski definition) is 1. The number of nitrogens with one attached hydrogen (secondary N) is 1. The number of benzene rings is 2. The minimum absolute atomic E-state index is 0.0393. The largest absolute Gasteiger partial charge is 0.348 e. The van der Waals surface area contributed by atoms with E-state index in [-0.39, 0.29) is 11.9 Å². The van der Waals surface area contributed by atoms with Crippen LogP contribution in [0.4, 0.5) is 4.39 Å². The van der Waals surface area contributed by atoms with Crippen molar-refractivity contribution in [3.8, 4) is 0 Å². The molecule has 0 aliphatic carbocycles. The maximum Gasteiger partial charge on any atom is 0.251 e. The SMILES string of the molecule is Cc1ccc(F)cc1C(=O)NC(CBr)Cc1ccccc1. The topological polar surface area (TPSA) is 29.1 Å². The van der Waals surface area contributed by atoms with E-state index in [1.807, 2.05) is 30.3 Å². The lowest BCUT2D eigenvalue weighted by atomic mass is 10.1. The number of amides is 1. The van der Waals surface area contributed by atoms with Gasteiger partial charge in [0, 0.05) is 16.9 Å². The Morgan fingerprint density at radius 1 is 1.24 bits per heavy atom. The summed E-state index contributed by atoms with van der Waals surface area (Å²) in [5, 5.41) is 3.59. The summed E-state index contributed by atoms with van der Waals surface area (Å²) in [5.41, 5.74) is 2.30. The molecule has 1 atom stereocenters. The molecule has 0 heterocycles. The first-order chi connectivity index (χ1) is 10.1. The summed E-state index contributed by atoms with van der Waals surface area (Å²) in [6.07, 6.45) is 0.728. The Bertz CT molecular complexity index is 615. The van der Waals surface area contributed by atoms with Crippen molar-refractivity contribution in [2.75, 3.05) is 5.33 Å². The number of carbonyl (C=O) groups excluding carboxylic acids is 1. The van der Waals surface area contributed by atoms with Crippen molar-refractivity contribution in [2.45, 2.75) is 19.4 Å². The molecule has 21 heavy (non-hydrogen) atoms. The standard InChI is InChI=1S/C17H17BrFNO/c1-12-7-8-14(19)10-16(12)17(21)20-15(11-18)9-13-5-3-2-4-6-13/h2-8,10,15H,9,11H2,1H3,(H,20,21). The van der Waals surface area contributed by atoms with E-state index in [9.17, 15) is 9.18 Å². The first-order valence-electron chi connectivity index (χ1n) is 6.77. The van der Waals surface area contributed by atoms with Crippen LogP contribution >= 0.6 is 15.9 Å². The Hall–Kier alpha value is -1.68. The van der Waals surface area contributed by atoms with Gasteiger partial charge in [-0.25, -0.2) is 4.39 Å². The molecule has 2 aromatic rings. The van der Waals surface area contributed by atoms with Crippen LogP contribution in [0.1, 0.15) is 21.5 Å².